The van der Waals surface area contributed by atoms with Crippen molar-refractivity contribution in [1.82, 2.24) is 15.0 Å². The number of anilines is 2. The number of aliphatic hydroxyl groups is 1. The van der Waals surface area contributed by atoms with Gasteiger partial charge in [-0.2, -0.15) is 15.0 Å². The zero-order chi connectivity index (χ0) is 11.5. The summed E-state index contributed by atoms with van der Waals surface area (Å²) in [5.41, 5.74) is 5.49. The van der Waals surface area contributed by atoms with E-state index in [4.69, 9.17) is 22.1 Å². The zero-order valence-electron chi connectivity index (χ0n) is 8.51. The molecule has 1 aromatic heterocycles. The molecule has 2 rings (SSSR count). The van der Waals surface area contributed by atoms with E-state index in [9.17, 15) is 5.11 Å². The van der Waals surface area contributed by atoms with Crippen molar-refractivity contribution in [2.24, 2.45) is 0 Å². The number of nitrogens with zero attached hydrogens (tertiary/aromatic N) is 4. The number of nitrogens with two attached hydrogens (primary N) is 1. The SMILES string of the molecule is Nc1nc(Cl)nc(N2CCOCC2CO)n1. The molecule has 8 heteroatoms. The third-order valence-corrected chi connectivity index (χ3v) is 2.48. The summed E-state index contributed by atoms with van der Waals surface area (Å²) >= 11 is 5.70. The number of halogens is 1. The van der Waals surface area contributed by atoms with Crippen LogP contribution in [0.5, 0.6) is 0 Å². The topological polar surface area (TPSA) is 97.4 Å². The van der Waals surface area contributed by atoms with Crippen LogP contribution < -0.4 is 10.6 Å². The van der Waals surface area contributed by atoms with E-state index >= 15 is 0 Å². The normalized spacial score (nSPS) is 21.1. The standard InChI is InChI=1S/C8H12ClN5O2/c9-6-11-7(10)13-8(12-6)14-1-2-16-4-5(14)3-15/h5,15H,1-4H2,(H2,10,11,12,13). The van der Waals surface area contributed by atoms with Crippen LogP contribution in [0.25, 0.3) is 0 Å². The van der Waals surface area contributed by atoms with Crippen LogP contribution in [-0.4, -0.2) is 52.5 Å². The lowest BCUT2D eigenvalue weighted by Gasteiger charge is -2.34. The predicted octanol–water partition coefficient (Wildman–Crippen LogP) is -0.695. The van der Waals surface area contributed by atoms with Crippen LogP contribution in [0.3, 0.4) is 0 Å². The Morgan fingerprint density at radius 1 is 1.50 bits per heavy atom. The molecule has 2 heterocycles. The lowest BCUT2D eigenvalue weighted by atomic mass is 10.2. The van der Waals surface area contributed by atoms with E-state index in [0.29, 0.717) is 25.7 Å². The summed E-state index contributed by atoms with van der Waals surface area (Å²) in [6.07, 6.45) is 0. The fraction of sp³-hybridized carbons (Fsp3) is 0.625. The molecule has 1 unspecified atom stereocenters. The molecule has 0 amide bonds. The van der Waals surface area contributed by atoms with Crippen molar-refractivity contribution < 1.29 is 9.84 Å². The van der Waals surface area contributed by atoms with Crippen molar-refractivity contribution in [3.8, 4) is 0 Å². The van der Waals surface area contributed by atoms with E-state index in [0.717, 1.165) is 0 Å². The van der Waals surface area contributed by atoms with Crippen LogP contribution >= 0.6 is 11.6 Å². The van der Waals surface area contributed by atoms with Gasteiger partial charge in [-0.3, -0.25) is 0 Å². The maximum atomic E-state index is 9.20. The fourth-order valence-electron chi connectivity index (χ4n) is 1.55. The zero-order valence-corrected chi connectivity index (χ0v) is 9.26. The quantitative estimate of drug-likeness (QED) is 0.711. The largest absolute Gasteiger partial charge is 0.394 e. The molecule has 1 saturated heterocycles. The molecule has 1 atom stereocenters. The number of aliphatic hydroxyl groups excluding tert-OH is 1. The Balaban J connectivity index is 2.26. The van der Waals surface area contributed by atoms with Gasteiger partial charge in [0.1, 0.15) is 0 Å². The van der Waals surface area contributed by atoms with Gasteiger partial charge >= 0.3 is 0 Å². The lowest BCUT2D eigenvalue weighted by Crippen LogP contribution is -2.48. The van der Waals surface area contributed by atoms with Crippen LogP contribution in [0.1, 0.15) is 0 Å². The Labute approximate surface area is 97.2 Å². The summed E-state index contributed by atoms with van der Waals surface area (Å²) in [4.78, 5) is 13.5. The third-order valence-electron chi connectivity index (χ3n) is 2.31. The smallest absolute Gasteiger partial charge is 0.231 e. The molecule has 0 saturated carbocycles. The van der Waals surface area contributed by atoms with Gasteiger partial charge in [0.25, 0.3) is 0 Å². The molecular formula is C8H12ClN5O2. The maximum Gasteiger partial charge on any atom is 0.231 e. The molecule has 1 aliphatic heterocycles. The number of ether oxygens (including phenoxy) is 1. The molecule has 0 aliphatic carbocycles. The Kier molecular flexibility index (Phi) is 3.37. The first kappa shape index (κ1) is 11.3. The molecular weight excluding hydrogens is 234 g/mol. The number of aromatic nitrogens is 3. The minimum Gasteiger partial charge on any atom is -0.394 e. The first-order chi connectivity index (χ1) is 7.70. The monoisotopic (exact) mass is 245 g/mol. The summed E-state index contributed by atoms with van der Waals surface area (Å²) in [5.74, 6) is 0.443. The highest BCUT2D eigenvalue weighted by Gasteiger charge is 2.25. The Morgan fingerprint density at radius 3 is 3.00 bits per heavy atom. The van der Waals surface area contributed by atoms with Gasteiger partial charge in [-0.25, -0.2) is 0 Å². The maximum absolute atomic E-state index is 9.20. The average molecular weight is 246 g/mol. The van der Waals surface area contributed by atoms with Gasteiger partial charge in [-0.15, -0.1) is 0 Å². The highest BCUT2D eigenvalue weighted by atomic mass is 35.5. The molecule has 1 aromatic rings. The summed E-state index contributed by atoms with van der Waals surface area (Å²) in [5, 5.41) is 9.25. The molecule has 3 N–H and O–H groups in total. The Hall–Kier alpha value is -1.18. The van der Waals surface area contributed by atoms with Gasteiger partial charge in [0.15, 0.2) is 0 Å². The molecule has 88 valence electrons. The van der Waals surface area contributed by atoms with Crippen LogP contribution in [-0.2, 0) is 4.74 Å². The predicted molar refractivity (Wildman–Crippen MR) is 58.3 cm³/mol. The Bertz CT molecular complexity index is 357. The lowest BCUT2D eigenvalue weighted by molar-refractivity contribution is 0.0718. The van der Waals surface area contributed by atoms with Gasteiger partial charge in [-0.1, -0.05) is 0 Å². The van der Waals surface area contributed by atoms with Gasteiger partial charge in [0.2, 0.25) is 17.2 Å². The van der Waals surface area contributed by atoms with Crippen LogP contribution in [0.2, 0.25) is 5.28 Å². The number of nitrogen functional groups attached to an aromatic ring is 1. The van der Waals surface area contributed by atoms with Crippen LogP contribution in [0.15, 0.2) is 0 Å². The average Bonchev–Trinajstić information content (AvgIpc) is 2.27. The second-order valence-corrected chi connectivity index (χ2v) is 3.71. The highest BCUT2D eigenvalue weighted by Crippen LogP contribution is 2.17. The molecule has 1 aliphatic rings. The van der Waals surface area contributed by atoms with Crippen LogP contribution in [0.4, 0.5) is 11.9 Å². The molecule has 16 heavy (non-hydrogen) atoms. The second kappa shape index (κ2) is 4.77. The molecule has 0 bridgehead atoms. The van der Waals surface area contributed by atoms with Crippen molar-refractivity contribution >= 4 is 23.5 Å². The van der Waals surface area contributed by atoms with E-state index < -0.39 is 0 Å². The van der Waals surface area contributed by atoms with Gasteiger partial charge < -0.3 is 20.5 Å². The highest BCUT2D eigenvalue weighted by molar-refractivity contribution is 6.28. The minimum atomic E-state index is -0.174. The van der Waals surface area contributed by atoms with Crippen molar-refractivity contribution in [3.63, 3.8) is 0 Å². The number of rotatable bonds is 2. The van der Waals surface area contributed by atoms with Gasteiger partial charge in [-0.05, 0) is 11.6 Å². The van der Waals surface area contributed by atoms with Crippen molar-refractivity contribution in [1.29, 1.82) is 0 Å². The molecule has 0 aromatic carbocycles. The van der Waals surface area contributed by atoms with Crippen LogP contribution in [0, 0.1) is 0 Å². The van der Waals surface area contributed by atoms with E-state index in [1.165, 1.54) is 0 Å². The van der Waals surface area contributed by atoms with E-state index in [-0.39, 0.29) is 23.9 Å². The third kappa shape index (κ3) is 2.31. The second-order valence-electron chi connectivity index (χ2n) is 3.37. The molecule has 7 nitrogen and oxygen atoms in total. The minimum absolute atomic E-state index is 0.0385. The first-order valence-electron chi connectivity index (χ1n) is 4.83. The number of hydrogen-bond acceptors (Lipinski definition) is 7. The van der Waals surface area contributed by atoms with Gasteiger partial charge in [0.05, 0.1) is 25.9 Å². The van der Waals surface area contributed by atoms with Gasteiger partial charge in [0, 0.05) is 6.54 Å². The van der Waals surface area contributed by atoms with E-state index in [2.05, 4.69) is 15.0 Å². The van der Waals surface area contributed by atoms with E-state index in [1.807, 2.05) is 4.90 Å². The molecule has 0 radical (unpaired) electrons. The summed E-state index contributed by atoms with van der Waals surface area (Å²) in [6.45, 7) is 1.54. The Morgan fingerprint density at radius 2 is 2.31 bits per heavy atom. The number of morpholine rings is 1. The van der Waals surface area contributed by atoms with Crippen molar-refractivity contribution in [2.45, 2.75) is 6.04 Å². The van der Waals surface area contributed by atoms with Crippen molar-refractivity contribution in [3.05, 3.63) is 5.28 Å². The summed E-state index contributed by atoms with van der Waals surface area (Å²) < 4.78 is 5.25. The number of hydrogen-bond donors (Lipinski definition) is 2. The first-order valence-corrected chi connectivity index (χ1v) is 5.21. The fourth-order valence-corrected chi connectivity index (χ4v) is 1.71. The summed E-state index contributed by atoms with van der Waals surface area (Å²) in [6, 6.07) is -0.174. The molecule has 1 fully saturated rings. The summed E-state index contributed by atoms with van der Waals surface area (Å²) in [7, 11) is 0. The van der Waals surface area contributed by atoms with Crippen molar-refractivity contribution in [2.75, 3.05) is 37.0 Å². The van der Waals surface area contributed by atoms with E-state index in [1.54, 1.807) is 0 Å². The molecule has 0 spiro atoms.